The molecule has 86 valence electrons. The van der Waals surface area contributed by atoms with Crippen LogP contribution in [0.4, 0.5) is 0 Å². The van der Waals surface area contributed by atoms with Gasteiger partial charge in [0.25, 0.3) is 0 Å². The minimum absolute atomic E-state index is 1.04. The van der Waals surface area contributed by atoms with Crippen molar-refractivity contribution in [3.05, 3.63) is 22.4 Å². The summed E-state index contributed by atoms with van der Waals surface area (Å²) in [6.07, 6.45) is 7.65. The van der Waals surface area contributed by atoms with E-state index < -0.39 is 0 Å². The quantitative estimate of drug-likeness (QED) is 0.663. The van der Waals surface area contributed by atoms with Gasteiger partial charge in [-0.25, -0.2) is 0 Å². The van der Waals surface area contributed by atoms with Gasteiger partial charge in [-0.05, 0) is 42.8 Å². The van der Waals surface area contributed by atoms with Gasteiger partial charge in [0.05, 0.1) is 0 Å². The second kappa shape index (κ2) is 9.25. The molecule has 1 aromatic heterocycles. The van der Waals surface area contributed by atoms with Gasteiger partial charge in [0, 0.05) is 11.4 Å². The topological polar surface area (TPSA) is 12.0 Å². The largest absolute Gasteiger partial charge is 0.312 e. The van der Waals surface area contributed by atoms with Crippen LogP contribution in [0, 0.1) is 0 Å². The van der Waals surface area contributed by atoms with Gasteiger partial charge in [0.1, 0.15) is 0 Å². The van der Waals surface area contributed by atoms with Crippen molar-refractivity contribution in [1.29, 1.82) is 0 Å². The lowest BCUT2D eigenvalue weighted by atomic mass is 10.2. The second-order valence-electron chi connectivity index (χ2n) is 3.66. The molecule has 0 aliphatic heterocycles. The predicted molar refractivity (Wildman–Crippen MR) is 72.9 cm³/mol. The Kier molecular flexibility index (Phi) is 8.07. The van der Waals surface area contributed by atoms with Crippen LogP contribution in [0.15, 0.2) is 17.5 Å². The van der Waals surface area contributed by atoms with E-state index in [4.69, 9.17) is 0 Å². The van der Waals surface area contributed by atoms with Crippen molar-refractivity contribution < 1.29 is 0 Å². The first-order chi connectivity index (χ1) is 7.43. The number of hydrogen-bond acceptors (Lipinski definition) is 3. The molecule has 0 radical (unpaired) electrons. The highest BCUT2D eigenvalue weighted by molar-refractivity contribution is 7.98. The molecule has 0 saturated heterocycles. The van der Waals surface area contributed by atoms with Crippen molar-refractivity contribution >= 4 is 23.1 Å². The van der Waals surface area contributed by atoms with Crippen LogP contribution in [-0.4, -0.2) is 18.6 Å². The number of hydrogen-bond donors (Lipinski definition) is 1. The van der Waals surface area contributed by atoms with E-state index in [9.17, 15) is 0 Å². The van der Waals surface area contributed by atoms with E-state index >= 15 is 0 Å². The molecule has 0 amide bonds. The van der Waals surface area contributed by atoms with Gasteiger partial charge in [0.2, 0.25) is 0 Å². The van der Waals surface area contributed by atoms with E-state index in [-0.39, 0.29) is 0 Å². The van der Waals surface area contributed by atoms with Crippen molar-refractivity contribution in [2.45, 2.75) is 32.2 Å². The van der Waals surface area contributed by atoms with E-state index in [0.717, 1.165) is 13.1 Å². The van der Waals surface area contributed by atoms with Gasteiger partial charge in [0.15, 0.2) is 0 Å². The first-order valence-electron chi connectivity index (χ1n) is 5.65. The van der Waals surface area contributed by atoms with E-state index in [1.807, 2.05) is 23.1 Å². The minimum Gasteiger partial charge on any atom is -0.312 e. The van der Waals surface area contributed by atoms with Gasteiger partial charge < -0.3 is 5.32 Å². The molecular weight excluding hydrogens is 222 g/mol. The molecule has 0 atom stereocenters. The van der Waals surface area contributed by atoms with Crippen LogP contribution in [-0.2, 0) is 6.54 Å². The average molecular weight is 243 g/mol. The Morgan fingerprint density at radius 2 is 2.13 bits per heavy atom. The highest BCUT2D eigenvalue weighted by Crippen LogP contribution is 2.07. The van der Waals surface area contributed by atoms with Crippen LogP contribution in [0.3, 0.4) is 0 Å². The van der Waals surface area contributed by atoms with Crippen LogP contribution in [0.1, 0.15) is 30.6 Å². The zero-order chi connectivity index (χ0) is 10.8. The minimum atomic E-state index is 1.04. The molecule has 0 spiro atoms. The van der Waals surface area contributed by atoms with Crippen molar-refractivity contribution in [1.82, 2.24) is 5.32 Å². The Labute approximate surface area is 102 Å². The SMILES string of the molecule is CSCCCCCCNCc1cccs1. The summed E-state index contributed by atoms with van der Waals surface area (Å²) in [7, 11) is 0. The molecule has 1 aromatic rings. The lowest BCUT2D eigenvalue weighted by Crippen LogP contribution is -2.13. The molecule has 15 heavy (non-hydrogen) atoms. The first kappa shape index (κ1) is 13.1. The molecule has 3 heteroatoms. The third-order valence-electron chi connectivity index (χ3n) is 2.33. The lowest BCUT2D eigenvalue weighted by Gasteiger charge is -2.02. The Morgan fingerprint density at radius 1 is 1.27 bits per heavy atom. The molecular formula is C12H21NS2. The van der Waals surface area contributed by atoms with E-state index in [1.54, 1.807) is 0 Å². The van der Waals surface area contributed by atoms with E-state index in [2.05, 4.69) is 29.1 Å². The highest BCUT2D eigenvalue weighted by Gasteiger charge is 1.93. The summed E-state index contributed by atoms with van der Waals surface area (Å²) in [5.74, 6) is 1.32. The Balaban J connectivity index is 1.81. The highest BCUT2D eigenvalue weighted by atomic mass is 32.2. The summed E-state index contributed by atoms with van der Waals surface area (Å²) >= 11 is 3.79. The predicted octanol–water partition coefficient (Wildman–Crippen LogP) is 3.76. The monoisotopic (exact) mass is 243 g/mol. The first-order valence-corrected chi connectivity index (χ1v) is 7.93. The summed E-state index contributed by atoms with van der Waals surface area (Å²) in [6, 6.07) is 4.31. The standard InChI is InChI=1S/C12H21NS2/c1-14-9-5-3-2-4-8-13-11-12-7-6-10-15-12/h6-7,10,13H,2-5,8-9,11H2,1H3. The molecule has 1 nitrogen and oxygen atoms in total. The van der Waals surface area contributed by atoms with Crippen molar-refractivity contribution in [3.8, 4) is 0 Å². The molecule has 0 aliphatic rings. The normalized spacial score (nSPS) is 10.7. The molecule has 1 N–H and O–H groups in total. The van der Waals surface area contributed by atoms with Crippen LogP contribution >= 0.6 is 23.1 Å². The number of thiophene rings is 1. The molecule has 1 heterocycles. The van der Waals surface area contributed by atoms with Crippen LogP contribution in [0.5, 0.6) is 0 Å². The third-order valence-corrected chi connectivity index (χ3v) is 3.90. The number of rotatable bonds is 9. The second-order valence-corrected chi connectivity index (χ2v) is 5.68. The molecule has 1 rings (SSSR count). The van der Waals surface area contributed by atoms with Gasteiger partial charge in [-0.15, -0.1) is 11.3 Å². The maximum atomic E-state index is 3.48. The fraction of sp³-hybridized carbons (Fsp3) is 0.667. The summed E-state index contributed by atoms with van der Waals surface area (Å²) in [6.45, 7) is 2.21. The lowest BCUT2D eigenvalue weighted by molar-refractivity contribution is 0.602. The van der Waals surface area contributed by atoms with Crippen LogP contribution in [0.2, 0.25) is 0 Å². The van der Waals surface area contributed by atoms with Crippen LogP contribution in [0.25, 0.3) is 0 Å². The zero-order valence-electron chi connectivity index (χ0n) is 9.50. The molecule has 0 aromatic carbocycles. The fourth-order valence-corrected chi connectivity index (χ4v) is 2.64. The van der Waals surface area contributed by atoms with Crippen molar-refractivity contribution in [2.75, 3.05) is 18.6 Å². The number of nitrogens with one attached hydrogen (secondary N) is 1. The van der Waals surface area contributed by atoms with Crippen molar-refractivity contribution in [3.63, 3.8) is 0 Å². The smallest absolute Gasteiger partial charge is 0.0299 e. The molecule has 0 aliphatic carbocycles. The van der Waals surface area contributed by atoms with Crippen molar-refractivity contribution in [2.24, 2.45) is 0 Å². The fourth-order valence-electron chi connectivity index (χ4n) is 1.47. The van der Waals surface area contributed by atoms with Gasteiger partial charge in [-0.2, -0.15) is 11.8 Å². The molecule has 0 fully saturated rings. The molecule has 0 bridgehead atoms. The Bertz CT molecular complexity index is 222. The summed E-state index contributed by atoms with van der Waals surface area (Å²) in [5.41, 5.74) is 0. The third kappa shape index (κ3) is 6.98. The summed E-state index contributed by atoms with van der Waals surface area (Å²) in [5, 5.41) is 5.62. The Morgan fingerprint density at radius 3 is 2.87 bits per heavy atom. The Hall–Kier alpha value is 0.01000. The molecule has 0 unspecified atom stereocenters. The molecule has 0 saturated carbocycles. The van der Waals surface area contributed by atoms with Gasteiger partial charge in [-0.3, -0.25) is 0 Å². The zero-order valence-corrected chi connectivity index (χ0v) is 11.1. The maximum Gasteiger partial charge on any atom is 0.0299 e. The summed E-state index contributed by atoms with van der Waals surface area (Å²) in [4.78, 5) is 1.44. The average Bonchev–Trinajstić information content (AvgIpc) is 2.75. The van der Waals surface area contributed by atoms with Crippen LogP contribution < -0.4 is 5.32 Å². The number of unbranched alkanes of at least 4 members (excludes halogenated alkanes) is 3. The van der Waals surface area contributed by atoms with Gasteiger partial charge in [-0.1, -0.05) is 18.9 Å². The van der Waals surface area contributed by atoms with E-state index in [1.165, 1.54) is 36.3 Å². The maximum absolute atomic E-state index is 3.48. The summed E-state index contributed by atoms with van der Waals surface area (Å²) < 4.78 is 0. The van der Waals surface area contributed by atoms with Gasteiger partial charge >= 0.3 is 0 Å². The number of thioether (sulfide) groups is 1. The van der Waals surface area contributed by atoms with E-state index in [0.29, 0.717) is 0 Å².